The molecule has 1 aromatic heterocycles. The Hall–Kier alpha value is -2.37. The number of hydrogen-bond donors (Lipinski definition) is 1. The summed E-state index contributed by atoms with van der Waals surface area (Å²) in [5, 5.41) is 6.69. The third-order valence-electron chi connectivity index (χ3n) is 2.80. The van der Waals surface area contributed by atoms with E-state index in [2.05, 4.69) is 15.5 Å². The van der Waals surface area contributed by atoms with Gasteiger partial charge < -0.3 is 14.7 Å². The van der Waals surface area contributed by atoms with Crippen LogP contribution in [-0.2, 0) is 6.42 Å². The highest BCUT2D eigenvalue weighted by Crippen LogP contribution is 2.16. The third kappa shape index (κ3) is 3.57. The summed E-state index contributed by atoms with van der Waals surface area (Å²) >= 11 is 0. The number of carbonyl (C=O) groups is 1. The summed E-state index contributed by atoms with van der Waals surface area (Å²) in [6.45, 7) is 2.49. The van der Waals surface area contributed by atoms with Crippen molar-refractivity contribution in [2.45, 2.75) is 13.3 Å². The average Bonchev–Trinajstić information content (AvgIpc) is 2.88. The van der Waals surface area contributed by atoms with Crippen LogP contribution in [0.15, 0.2) is 28.8 Å². The molecule has 1 heterocycles. The van der Waals surface area contributed by atoms with Crippen LogP contribution in [0.5, 0.6) is 0 Å². The number of carbonyl (C=O) groups excluding carboxylic acids is 1. The van der Waals surface area contributed by atoms with Gasteiger partial charge in [-0.25, -0.2) is 4.79 Å². The minimum Gasteiger partial charge on any atom is -0.339 e. The zero-order valence-electron chi connectivity index (χ0n) is 11.9. The molecule has 0 saturated carbocycles. The predicted molar refractivity (Wildman–Crippen MR) is 75.3 cm³/mol. The van der Waals surface area contributed by atoms with E-state index >= 15 is 0 Å². The predicted octanol–water partition coefficient (Wildman–Crippen LogP) is 1.86. The summed E-state index contributed by atoms with van der Waals surface area (Å²) in [4.78, 5) is 17.1. The molecule has 0 unspecified atom stereocenters. The third-order valence-corrected chi connectivity index (χ3v) is 2.80. The number of benzene rings is 1. The summed E-state index contributed by atoms with van der Waals surface area (Å²) < 4.78 is 5.17. The van der Waals surface area contributed by atoms with Crippen LogP contribution in [0.1, 0.15) is 11.5 Å². The Balaban J connectivity index is 1.92. The van der Waals surface area contributed by atoms with Gasteiger partial charge in [-0.05, 0) is 6.92 Å². The second-order valence-electron chi connectivity index (χ2n) is 4.75. The first kappa shape index (κ1) is 14.0. The van der Waals surface area contributed by atoms with Gasteiger partial charge >= 0.3 is 6.03 Å². The largest absolute Gasteiger partial charge is 0.339 e. The van der Waals surface area contributed by atoms with E-state index in [-0.39, 0.29) is 6.03 Å². The van der Waals surface area contributed by atoms with Crippen molar-refractivity contribution in [3.63, 3.8) is 0 Å². The van der Waals surface area contributed by atoms with Gasteiger partial charge in [-0.3, -0.25) is 0 Å². The maximum Gasteiger partial charge on any atom is 0.316 e. The summed E-state index contributed by atoms with van der Waals surface area (Å²) in [5.41, 5.74) is 2.10. The first-order chi connectivity index (χ1) is 9.56. The van der Waals surface area contributed by atoms with E-state index < -0.39 is 0 Å². The van der Waals surface area contributed by atoms with Gasteiger partial charge in [-0.1, -0.05) is 35.0 Å². The van der Waals surface area contributed by atoms with Crippen molar-refractivity contribution in [1.82, 2.24) is 20.4 Å². The van der Waals surface area contributed by atoms with Crippen LogP contribution in [-0.4, -0.2) is 41.7 Å². The molecule has 0 aliphatic heterocycles. The van der Waals surface area contributed by atoms with Crippen molar-refractivity contribution in [2.75, 3.05) is 20.6 Å². The minimum atomic E-state index is -0.136. The van der Waals surface area contributed by atoms with Crippen molar-refractivity contribution < 1.29 is 9.32 Å². The topological polar surface area (TPSA) is 71.3 Å². The molecule has 0 radical (unpaired) electrons. The Kier molecular flexibility index (Phi) is 4.34. The van der Waals surface area contributed by atoms with Crippen LogP contribution in [0.2, 0.25) is 0 Å². The molecule has 0 spiro atoms. The molecule has 0 fully saturated rings. The summed E-state index contributed by atoms with van der Waals surface area (Å²) in [6, 6.07) is 7.78. The van der Waals surface area contributed by atoms with E-state index in [0.29, 0.717) is 24.7 Å². The first-order valence-electron chi connectivity index (χ1n) is 6.41. The summed E-state index contributed by atoms with van der Waals surface area (Å²) in [5.74, 6) is 1.08. The fraction of sp³-hybridized carbons (Fsp3) is 0.357. The maximum atomic E-state index is 11.3. The van der Waals surface area contributed by atoms with Crippen molar-refractivity contribution >= 4 is 6.03 Å². The zero-order valence-corrected chi connectivity index (χ0v) is 11.9. The second kappa shape index (κ2) is 6.18. The summed E-state index contributed by atoms with van der Waals surface area (Å²) in [7, 11) is 3.38. The second-order valence-corrected chi connectivity index (χ2v) is 4.75. The molecule has 1 N–H and O–H groups in total. The van der Waals surface area contributed by atoms with Crippen LogP contribution in [0.4, 0.5) is 4.79 Å². The van der Waals surface area contributed by atoms with E-state index in [4.69, 9.17) is 4.52 Å². The van der Waals surface area contributed by atoms with Crippen molar-refractivity contribution in [3.05, 3.63) is 35.7 Å². The molecule has 0 bridgehead atoms. The van der Waals surface area contributed by atoms with E-state index in [1.165, 1.54) is 10.5 Å². The van der Waals surface area contributed by atoms with Crippen LogP contribution in [0, 0.1) is 6.92 Å². The molecular weight excluding hydrogens is 256 g/mol. The van der Waals surface area contributed by atoms with Gasteiger partial charge in [0.15, 0.2) is 0 Å². The number of nitrogens with zero attached hydrogens (tertiary/aromatic N) is 3. The lowest BCUT2D eigenvalue weighted by molar-refractivity contribution is 0.217. The molecule has 0 atom stereocenters. The minimum absolute atomic E-state index is 0.136. The van der Waals surface area contributed by atoms with Crippen LogP contribution in [0.3, 0.4) is 0 Å². The molecule has 0 aliphatic carbocycles. The molecular formula is C14H18N4O2. The number of aryl methyl sites for hydroxylation is 1. The monoisotopic (exact) mass is 274 g/mol. The van der Waals surface area contributed by atoms with Crippen LogP contribution in [0.25, 0.3) is 11.4 Å². The van der Waals surface area contributed by atoms with Crippen molar-refractivity contribution in [2.24, 2.45) is 0 Å². The first-order valence-corrected chi connectivity index (χ1v) is 6.41. The Morgan fingerprint density at radius 1 is 1.30 bits per heavy atom. The quantitative estimate of drug-likeness (QED) is 0.923. The van der Waals surface area contributed by atoms with Gasteiger partial charge in [-0.2, -0.15) is 4.98 Å². The number of amides is 2. The number of rotatable bonds is 4. The molecule has 2 rings (SSSR count). The highest BCUT2D eigenvalue weighted by atomic mass is 16.5. The lowest BCUT2D eigenvalue weighted by Gasteiger charge is -2.10. The Labute approximate surface area is 117 Å². The van der Waals surface area contributed by atoms with Gasteiger partial charge in [0.25, 0.3) is 0 Å². The molecule has 1 aromatic carbocycles. The number of urea groups is 1. The molecule has 2 aromatic rings. The van der Waals surface area contributed by atoms with Gasteiger partial charge in [0.2, 0.25) is 11.7 Å². The van der Waals surface area contributed by atoms with E-state index in [0.717, 1.165) is 5.56 Å². The zero-order chi connectivity index (χ0) is 14.5. The summed E-state index contributed by atoms with van der Waals surface area (Å²) in [6.07, 6.45) is 0.512. The standard InChI is InChI=1S/C14H18N4O2/c1-10-4-6-11(7-5-10)13-16-12(20-17-13)8-9-15-14(19)18(2)3/h4-7H,8-9H2,1-3H3,(H,15,19). The Morgan fingerprint density at radius 2 is 2.00 bits per heavy atom. The smallest absolute Gasteiger partial charge is 0.316 e. The van der Waals surface area contributed by atoms with Crippen LogP contribution < -0.4 is 5.32 Å². The molecule has 6 nitrogen and oxygen atoms in total. The molecule has 106 valence electrons. The van der Waals surface area contributed by atoms with E-state index in [1.807, 2.05) is 31.2 Å². The molecule has 2 amide bonds. The fourth-order valence-corrected chi connectivity index (χ4v) is 1.61. The van der Waals surface area contributed by atoms with E-state index in [1.54, 1.807) is 14.1 Å². The van der Waals surface area contributed by atoms with Gasteiger partial charge in [0.05, 0.1) is 0 Å². The maximum absolute atomic E-state index is 11.3. The lowest BCUT2D eigenvalue weighted by atomic mass is 10.1. The molecule has 6 heteroatoms. The highest BCUT2D eigenvalue weighted by Gasteiger charge is 2.09. The number of nitrogens with one attached hydrogen (secondary N) is 1. The SMILES string of the molecule is Cc1ccc(-c2noc(CCNC(=O)N(C)C)n2)cc1. The van der Waals surface area contributed by atoms with Crippen molar-refractivity contribution in [3.8, 4) is 11.4 Å². The van der Waals surface area contributed by atoms with E-state index in [9.17, 15) is 4.79 Å². The lowest BCUT2D eigenvalue weighted by Crippen LogP contribution is -2.35. The Bertz CT molecular complexity index is 575. The van der Waals surface area contributed by atoms with Crippen molar-refractivity contribution in [1.29, 1.82) is 0 Å². The molecule has 20 heavy (non-hydrogen) atoms. The van der Waals surface area contributed by atoms with Gasteiger partial charge in [-0.15, -0.1) is 0 Å². The number of aromatic nitrogens is 2. The molecule has 0 aliphatic rings. The Morgan fingerprint density at radius 3 is 2.65 bits per heavy atom. The normalized spacial score (nSPS) is 10.3. The van der Waals surface area contributed by atoms with Gasteiger partial charge in [0.1, 0.15) is 0 Å². The van der Waals surface area contributed by atoms with Crippen LogP contribution >= 0.6 is 0 Å². The fourth-order valence-electron chi connectivity index (χ4n) is 1.61. The molecule has 0 saturated heterocycles. The highest BCUT2D eigenvalue weighted by molar-refractivity contribution is 5.73. The van der Waals surface area contributed by atoms with Gasteiger partial charge in [0, 0.05) is 32.6 Å². The number of hydrogen-bond acceptors (Lipinski definition) is 4. The average molecular weight is 274 g/mol.